The van der Waals surface area contributed by atoms with Crippen molar-refractivity contribution < 1.29 is 24.1 Å². The molecule has 1 spiro atoms. The number of carbonyl (C=O) groups is 1. The van der Waals surface area contributed by atoms with E-state index in [1.807, 2.05) is 24.3 Å². The van der Waals surface area contributed by atoms with Gasteiger partial charge >= 0.3 is 5.97 Å². The fourth-order valence-corrected chi connectivity index (χ4v) is 3.25. The molecule has 3 rings (SSSR count). The molecule has 1 saturated carbocycles. The first-order valence-corrected chi connectivity index (χ1v) is 6.78. The molecule has 1 aliphatic heterocycles. The molecule has 1 aliphatic carbocycles. The Hall–Kier alpha value is -1.59. The van der Waals surface area contributed by atoms with Crippen LogP contribution >= 0.6 is 0 Å². The van der Waals surface area contributed by atoms with Crippen LogP contribution < -0.4 is 4.74 Å². The number of benzene rings is 1. The zero-order valence-electron chi connectivity index (χ0n) is 11.4. The van der Waals surface area contributed by atoms with Gasteiger partial charge in [-0.2, -0.15) is 0 Å². The van der Waals surface area contributed by atoms with Crippen LogP contribution in [0.3, 0.4) is 0 Å². The summed E-state index contributed by atoms with van der Waals surface area (Å²) in [7, 11) is 1.60. The third-order valence-electron chi connectivity index (χ3n) is 4.20. The summed E-state index contributed by atoms with van der Waals surface area (Å²) >= 11 is 0. The second-order valence-corrected chi connectivity index (χ2v) is 5.34. The normalized spacial score (nSPS) is 27.9. The van der Waals surface area contributed by atoms with Gasteiger partial charge in [0.1, 0.15) is 5.75 Å². The molecule has 1 saturated heterocycles. The predicted molar refractivity (Wildman–Crippen MR) is 70.7 cm³/mol. The SMILES string of the molecule is COc1cccc([C@H]2CC3(C[C@@H]2C(=O)O)OCCO3)c1. The predicted octanol–water partition coefficient (Wildman–Crippen LogP) is 2.02. The lowest BCUT2D eigenvalue weighted by atomic mass is 9.89. The molecule has 1 aromatic rings. The zero-order valence-corrected chi connectivity index (χ0v) is 11.4. The summed E-state index contributed by atoms with van der Waals surface area (Å²) in [5.74, 6) is -1.37. The summed E-state index contributed by atoms with van der Waals surface area (Å²) in [6.45, 7) is 1.08. The average Bonchev–Trinajstić information content (AvgIpc) is 3.07. The largest absolute Gasteiger partial charge is 0.497 e. The molecule has 1 heterocycles. The van der Waals surface area contributed by atoms with E-state index in [9.17, 15) is 9.90 Å². The summed E-state index contributed by atoms with van der Waals surface area (Å²) < 4.78 is 16.6. The van der Waals surface area contributed by atoms with Crippen molar-refractivity contribution in [3.8, 4) is 5.75 Å². The Bertz CT molecular complexity index is 507. The number of hydrogen-bond acceptors (Lipinski definition) is 4. The van der Waals surface area contributed by atoms with Gasteiger partial charge in [-0.25, -0.2) is 0 Å². The van der Waals surface area contributed by atoms with Crippen LogP contribution in [0, 0.1) is 5.92 Å². The molecular formula is C15H18O5. The van der Waals surface area contributed by atoms with Crippen molar-refractivity contribution in [3.63, 3.8) is 0 Å². The Balaban J connectivity index is 1.91. The van der Waals surface area contributed by atoms with Gasteiger partial charge in [0.05, 0.1) is 26.2 Å². The van der Waals surface area contributed by atoms with E-state index in [4.69, 9.17) is 14.2 Å². The zero-order chi connectivity index (χ0) is 14.2. The Morgan fingerprint density at radius 1 is 1.35 bits per heavy atom. The first-order valence-electron chi connectivity index (χ1n) is 6.78. The van der Waals surface area contributed by atoms with E-state index in [1.165, 1.54) is 0 Å². The maximum atomic E-state index is 11.5. The van der Waals surface area contributed by atoms with E-state index < -0.39 is 17.7 Å². The first kappa shape index (κ1) is 13.4. The van der Waals surface area contributed by atoms with Crippen LogP contribution in [0.4, 0.5) is 0 Å². The van der Waals surface area contributed by atoms with E-state index in [2.05, 4.69) is 0 Å². The molecule has 2 aliphatic rings. The first-order chi connectivity index (χ1) is 9.63. The van der Waals surface area contributed by atoms with Crippen molar-refractivity contribution in [2.24, 2.45) is 5.92 Å². The summed E-state index contributed by atoms with van der Waals surface area (Å²) in [5, 5.41) is 9.47. The quantitative estimate of drug-likeness (QED) is 0.916. The highest BCUT2D eigenvalue weighted by atomic mass is 16.7. The van der Waals surface area contributed by atoms with Crippen molar-refractivity contribution in [2.75, 3.05) is 20.3 Å². The lowest BCUT2D eigenvalue weighted by molar-refractivity contribution is -0.159. The number of rotatable bonds is 3. The van der Waals surface area contributed by atoms with Gasteiger partial charge in [-0.15, -0.1) is 0 Å². The van der Waals surface area contributed by atoms with E-state index >= 15 is 0 Å². The van der Waals surface area contributed by atoms with Crippen LogP contribution in [0.25, 0.3) is 0 Å². The van der Waals surface area contributed by atoms with Gasteiger partial charge in [0.25, 0.3) is 0 Å². The number of aliphatic carboxylic acids is 1. The number of carboxylic acid groups (broad SMARTS) is 1. The van der Waals surface area contributed by atoms with Gasteiger partial charge in [0, 0.05) is 18.8 Å². The average molecular weight is 278 g/mol. The minimum absolute atomic E-state index is 0.110. The van der Waals surface area contributed by atoms with E-state index in [1.54, 1.807) is 7.11 Å². The van der Waals surface area contributed by atoms with Crippen LogP contribution in [-0.2, 0) is 14.3 Å². The Kier molecular flexibility index (Phi) is 3.40. The second-order valence-electron chi connectivity index (χ2n) is 5.34. The van der Waals surface area contributed by atoms with Gasteiger partial charge in [0.2, 0.25) is 0 Å². The molecule has 108 valence electrons. The summed E-state index contributed by atoms with van der Waals surface area (Å²) in [6.07, 6.45) is 0.987. The molecule has 5 nitrogen and oxygen atoms in total. The molecule has 20 heavy (non-hydrogen) atoms. The lowest BCUT2D eigenvalue weighted by Crippen LogP contribution is -2.27. The van der Waals surface area contributed by atoms with Crippen LogP contribution in [0.1, 0.15) is 24.3 Å². The Morgan fingerprint density at radius 3 is 2.75 bits per heavy atom. The molecule has 0 unspecified atom stereocenters. The third kappa shape index (κ3) is 2.27. The summed E-state index contributed by atoms with van der Waals surface area (Å²) in [5.41, 5.74) is 0.965. The number of carboxylic acids is 1. The van der Waals surface area contributed by atoms with Gasteiger partial charge in [-0.3, -0.25) is 4.79 Å². The highest BCUT2D eigenvalue weighted by Gasteiger charge is 2.52. The monoisotopic (exact) mass is 278 g/mol. The lowest BCUT2D eigenvalue weighted by Gasteiger charge is -2.21. The van der Waals surface area contributed by atoms with Gasteiger partial charge < -0.3 is 19.3 Å². The van der Waals surface area contributed by atoms with Crippen molar-refractivity contribution in [2.45, 2.75) is 24.5 Å². The van der Waals surface area contributed by atoms with Gasteiger partial charge in [0.15, 0.2) is 5.79 Å². The minimum Gasteiger partial charge on any atom is -0.497 e. The van der Waals surface area contributed by atoms with Gasteiger partial charge in [-0.05, 0) is 17.7 Å². The molecule has 0 aromatic heterocycles. The van der Waals surface area contributed by atoms with E-state index in [0.29, 0.717) is 26.1 Å². The number of ether oxygens (including phenoxy) is 3. The minimum atomic E-state index is -0.797. The van der Waals surface area contributed by atoms with Crippen LogP contribution in [0.2, 0.25) is 0 Å². The summed E-state index contributed by atoms with van der Waals surface area (Å²) in [4.78, 5) is 11.5. The molecule has 1 aromatic carbocycles. The molecule has 2 fully saturated rings. The fourth-order valence-electron chi connectivity index (χ4n) is 3.25. The molecule has 1 N–H and O–H groups in total. The van der Waals surface area contributed by atoms with Crippen LogP contribution in [-0.4, -0.2) is 37.2 Å². The molecule has 2 atom stereocenters. The van der Waals surface area contributed by atoms with E-state index in [0.717, 1.165) is 11.3 Å². The highest BCUT2D eigenvalue weighted by molar-refractivity contribution is 5.72. The Morgan fingerprint density at radius 2 is 2.10 bits per heavy atom. The second kappa shape index (κ2) is 5.07. The smallest absolute Gasteiger partial charge is 0.307 e. The molecule has 0 amide bonds. The maximum Gasteiger partial charge on any atom is 0.307 e. The van der Waals surface area contributed by atoms with Crippen molar-refractivity contribution >= 4 is 5.97 Å². The summed E-state index contributed by atoms with van der Waals surface area (Å²) in [6, 6.07) is 7.58. The maximum absolute atomic E-state index is 11.5. The topological polar surface area (TPSA) is 65.0 Å². The molecule has 0 radical (unpaired) electrons. The third-order valence-corrected chi connectivity index (χ3v) is 4.20. The number of methoxy groups -OCH3 is 1. The Labute approximate surface area is 117 Å². The highest BCUT2D eigenvalue weighted by Crippen LogP contribution is 2.49. The number of hydrogen-bond donors (Lipinski definition) is 1. The fraction of sp³-hybridized carbons (Fsp3) is 0.533. The van der Waals surface area contributed by atoms with Crippen LogP contribution in [0.15, 0.2) is 24.3 Å². The van der Waals surface area contributed by atoms with Crippen molar-refractivity contribution in [1.82, 2.24) is 0 Å². The standard InChI is InChI=1S/C15H18O5/c1-18-11-4-2-3-10(7-11)12-8-15(19-5-6-20-15)9-13(12)14(16)17/h2-4,7,12-13H,5-6,8-9H2,1H3,(H,16,17)/t12-,13+/m1/s1. The van der Waals surface area contributed by atoms with E-state index in [-0.39, 0.29) is 5.92 Å². The van der Waals surface area contributed by atoms with Gasteiger partial charge in [-0.1, -0.05) is 12.1 Å². The van der Waals surface area contributed by atoms with Crippen LogP contribution in [0.5, 0.6) is 5.75 Å². The van der Waals surface area contributed by atoms with Crippen molar-refractivity contribution in [1.29, 1.82) is 0 Å². The van der Waals surface area contributed by atoms with Crippen molar-refractivity contribution in [3.05, 3.63) is 29.8 Å². The molecular weight excluding hydrogens is 260 g/mol. The molecule has 5 heteroatoms. The molecule has 0 bridgehead atoms.